The molecule has 2 aliphatic heterocycles. The normalized spacial score (nSPS) is 17.1. The lowest BCUT2D eigenvalue weighted by molar-refractivity contribution is -0.124. The van der Waals surface area contributed by atoms with Gasteiger partial charge in [-0.3, -0.25) is 4.79 Å². The summed E-state index contributed by atoms with van der Waals surface area (Å²) in [6.07, 6.45) is 0. The number of urea groups is 1. The van der Waals surface area contributed by atoms with Crippen LogP contribution in [0.1, 0.15) is 19.4 Å². The summed E-state index contributed by atoms with van der Waals surface area (Å²) in [5.74, 6) is 1.15. The highest BCUT2D eigenvalue weighted by atomic mass is 16.7. The molecule has 0 spiro atoms. The third-order valence-corrected chi connectivity index (χ3v) is 4.43. The van der Waals surface area contributed by atoms with Crippen molar-refractivity contribution in [3.8, 4) is 11.5 Å². The summed E-state index contributed by atoms with van der Waals surface area (Å²) in [7, 11) is 0. The van der Waals surface area contributed by atoms with Gasteiger partial charge >= 0.3 is 6.03 Å². The number of fused-ring (bicyclic) bond motifs is 1. The van der Waals surface area contributed by atoms with Crippen molar-refractivity contribution in [3.05, 3.63) is 23.8 Å². The topological polar surface area (TPSA) is 89.1 Å². The van der Waals surface area contributed by atoms with E-state index in [9.17, 15) is 9.59 Å². The molecule has 1 atom stereocenters. The third-order valence-electron chi connectivity index (χ3n) is 4.43. The number of benzene rings is 1. The van der Waals surface area contributed by atoms with E-state index >= 15 is 0 Å². The number of amides is 3. The maximum atomic E-state index is 12.6. The van der Waals surface area contributed by atoms with Crippen LogP contribution in [0.2, 0.25) is 0 Å². The first-order valence-corrected chi connectivity index (χ1v) is 8.84. The van der Waals surface area contributed by atoms with E-state index in [1.165, 1.54) is 0 Å². The van der Waals surface area contributed by atoms with E-state index in [1.807, 2.05) is 32.0 Å². The van der Waals surface area contributed by atoms with E-state index in [4.69, 9.17) is 14.2 Å². The Kier molecular flexibility index (Phi) is 5.82. The van der Waals surface area contributed by atoms with Crippen LogP contribution in [-0.2, 0) is 16.1 Å². The Bertz CT molecular complexity index is 658. The van der Waals surface area contributed by atoms with Gasteiger partial charge in [-0.2, -0.15) is 0 Å². The van der Waals surface area contributed by atoms with Crippen LogP contribution in [0, 0.1) is 5.92 Å². The van der Waals surface area contributed by atoms with Gasteiger partial charge in [0, 0.05) is 19.6 Å². The third kappa shape index (κ3) is 4.37. The fourth-order valence-corrected chi connectivity index (χ4v) is 2.88. The molecule has 2 heterocycles. The molecule has 1 aromatic rings. The molecule has 0 aromatic heterocycles. The van der Waals surface area contributed by atoms with Crippen molar-refractivity contribution >= 4 is 11.9 Å². The van der Waals surface area contributed by atoms with Gasteiger partial charge in [0.25, 0.3) is 0 Å². The van der Waals surface area contributed by atoms with E-state index < -0.39 is 6.04 Å². The maximum absolute atomic E-state index is 12.6. The summed E-state index contributed by atoms with van der Waals surface area (Å²) in [6, 6.07) is 4.72. The average Bonchev–Trinajstić information content (AvgIpc) is 3.12. The zero-order valence-electron chi connectivity index (χ0n) is 15.1. The molecule has 8 heteroatoms. The van der Waals surface area contributed by atoms with Crippen molar-refractivity contribution in [2.24, 2.45) is 5.92 Å². The molecule has 2 N–H and O–H groups in total. The minimum absolute atomic E-state index is 0.0308. The number of rotatable bonds is 5. The highest BCUT2D eigenvalue weighted by Gasteiger charge is 2.27. The monoisotopic (exact) mass is 363 g/mol. The van der Waals surface area contributed by atoms with Crippen molar-refractivity contribution in [1.82, 2.24) is 15.5 Å². The molecule has 1 aromatic carbocycles. The van der Waals surface area contributed by atoms with Crippen LogP contribution in [0.25, 0.3) is 0 Å². The molecule has 0 aliphatic carbocycles. The van der Waals surface area contributed by atoms with Crippen molar-refractivity contribution in [2.45, 2.75) is 26.4 Å². The van der Waals surface area contributed by atoms with Crippen molar-refractivity contribution in [1.29, 1.82) is 0 Å². The zero-order valence-corrected chi connectivity index (χ0v) is 15.1. The molecular weight excluding hydrogens is 338 g/mol. The molecule has 0 bridgehead atoms. The Morgan fingerprint density at radius 1 is 1.15 bits per heavy atom. The summed E-state index contributed by atoms with van der Waals surface area (Å²) in [5.41, 5.74) is 0.907. The van der Waals surface area contributed by atoms with Gasteiger partial charge in [-0.15, -0.1) is 0 Å². The maximum Gasteiger partial charge on any atom is 0.318 e. The Hall–Kier alpha value is -2.48. The van der Waals surface area contributed by atoms with E-state index in [0.29, 0.717) is 44.3 Å². The van der Waals surface area contributed by atoms with Gasteiger partial charge in [-0.1, -0.05) is 19.9 Å². The van der Waals surface area contributed by atoms with E-state index in [0.717, 1.165) is 5.56 Å². The van der Waals surface area contributed by atoms with Gasteiger partial charge < -0.3 is 29.7 Å². The van der Waals surface area contributed by atoms with Gasteiger partial charge in [0.05, 0.1) is 13.2 Å². The second kappa shape index (κ2) is 8.27. The van der Waals surface area contributed by atoms with Gasteiger partial charge in [0.1, 0.15) is 6.04 Å². The fourth-order valence-electron chi connectivity index (χ4n) is 2.88. The second-order valence-corrected chi connectivity index (χ2v) is 6.68. The van der Waals surface area contributed by atoms with Crippen LogP contribution >= 0.6 is 0 Å². The molecule has 1 fully saturated rings. The predicted octanol–water partition coefficient (Wildman–Crippen LogP) is 1.10. The molecule has 142 valence electrons. The van der Waals surface area contributed by atoms with E-state index in [2.05, 4.69) is 10.6 Å². The van der Waals surface area contributed by atoms with Gasteiger partial charge in [-0.05, 0) is 23.6 Å². The first-order chi connectivity index (χ1) is 12.5. The minimum Gasteiger partial charge on any atom is -0.454 e. The number of ether oxygens (including phenoxy) is 3. The summed E-state index contributed by atoms with van der Waals surface area (Å²) in [6.45, 7) is 6.51. The van der Waals surface area contributed by atoms with Crippen molar-refractivity contribution in [2.75, 3.05) is 33.1 Å². The van der Waals surface area contributed by atoms with Crippen molar-refractivity contribution in [3.63, 3.8) is 0 Å². The lowest BCUT2D eigenvalue weighted by Crippen LogP contribution is -2.55. The lowest BCUT2D eigenvalue weighted by atomic mass is 10.0. The molecular formula is C18H25N3O5. The fraction of sp³-hybridized carbons (Fsp3) is 0.556. The van der Waals surface area contributed by atoms with Gasteiger partial charge in [0.15, 0.2) is 11.5 Å². The highest BCUT2D eigenvalue weighted by Crippen LogP contribution is 2.32. The standard InChI is InChI=1S/C18H25N3O5/c1-12(2)16(20-18(23)21-5-7-24-8-6-21)17(22)19-10-13-3-4-14-15(9-13)26-11-25-14/h3-4,9,12,16H,5-8,10-11H2,1-2H3,(H,19,22)(H,20,23)/t16-/m0/s1. The molecule has 2 aliphatic rings. The number of nitrogens with one attached hydrogen (secondary N) is 2. The highest BCUT2D eigenvalue weighted by molar-refractivity contribution is 5.87. The Morgan fingerprint density at radius 2 is 1.88 bits per heavy atom. The lowest BCUT2D eigenvalue weighted by Gasteiger charge is -2.30. The Labute approximate surface area is 152 Å². The molecule has 0 radical (unpaired) electrons. The SMILES string of the molecule is CC(C)[C@H](NC(=O)N1CCOCC1)C(=O)NCc1ccc2c(c1)OCO2. The minimum atomic E-state index is -0.598. The van der Waals surface area contributed by atoms with Crippen LogP contribution in [0.15, 0.2) is 18.2 Å². The van der Waals surface area contributed by atoms with Crippen LogP contribution < -0.4 is 20.1 Å². The number of hydrogen-bond acceptors (Lipinski definition) is 5. The van der Waals surface area contributed by atoms with Crippen LogP contribution in [-0.4, -0.2) is 56.0 Å². The zero-order chi connectivity index (χ0) is 18.5. The number of carbonyl (C=O) groups excluding carboxylic acids is 2. The van der Waals surface area contributed by atoms with E-state index in [-0.39, 0.29) is 24.6 Å². The second-order valence-electron chi connectivity index (χ2n) is 6.68. The van der Waals surface area contributed by atoms with E-state index in [1.54, 1.807) is 4.90 Å². The predicted molar refractivity (Wildman–Crippen MR) is 94.0 cm³/mol. The molecule has 0 unspecified atom stereocenters. The number of morpholine rings is 1. The van der Waals surface area contributed by atoms with Crippen molar-refractivity contribution < 1.29 is 23.8 Å². The largest absolute Gasteiger partial charge is 0.454 e. The summed E-state index contributed by atoms with van der Waals surface area (Å²) < 4.78 is 15.9. The quantitative estimate of drug-likeness (QED) is 0.818. The summed E-state index contributed by atoms with van der Waals surface area (Å²) in [5, 5.41) is 5.73. The average molecular weight is 363 g/mol. The Morgan fingerprint density at radius 3 is 2.62 bits per heavy atom. The number of carbonyl (C=O) groups is 2. The molecule has 3 rings (SSSR count). The molecule has 1 saturated heterocycles. The molecule has 26 heavy (non-hydrogen) atoms. The summed E-state index contributed by atoms with van der Waals surface area (Å²) >= 11 is 0. The van der Waals surface area contributed by atoms with Crippen LogP contribution in [0.3, 0.4) is 0 Å². The summed E-state index contributed by atoms with van der Waals surface area (Å²) in [4.78, 5) is 26.6. The number of nitrogens with zero attached hydrogens (tertiary/aromatic N) is 1. The molecule has 0 saturated carbocycles. The smallest absolute Gasteiger partial charge is 0.318 e. The van der Waals surface area contributed by atoms with Gasteiger partial charge in [0.2, 0.25) is 12.7 Å². The number of hydrogen-bond donors (Lipinski definition) is 2. The first-order valence-electron chi connectivity index (χ1n) is 8.84. The van der Waals surface area contributed by atoms with Crippen LogP contribution in [0.4, 0.5) is 4.79 Å². The molecule has 3 amide bonds. The molecule has 8 nitrogen and oxygen atoms in total. The van der Waals surface area contributed by atoms with Crippen LogP contribution in [0.5, 0.6) is 11.5 Å². The first kappa shape index (κ1) is 18.3. The van der Waals surface area contributed by atoms with Gasteiger partial charge in [-0.25, -0.2) is 4.79 Å². The Balaban J connectivity index is 1.55.